The van der Waals surface area contributed by atoms with E-state index in [0.29, 0.717) is 13.1 Å². The minimum Gasteiger partial charge on any atom is -0.497 e. The van der Waals surface area contributed by atoms with Gasteiger partial charge in [-0.25, -0.2) is 0 Å². The molecule has 0 fully saturated rings. The van der Waals surface area contributed by atoms with Crippen LogP contribution in [0.1, 0.15) is 80.4 Å². The molecule has 0 saturated heterocycles. The standard InChI is InChI=1S/C20H31N3O4.2C3H6.3C2H6/c1-4-9-23(11-10-22(2)14-20(25)26)13-19(24)16-7-8-21-18-6-5-15(27-3)12-17(16)18;2*1-3-2;3*1-2/h5-8,12,19-20,24-26H,4,9-11,13-14H2,1-3H3;2*3H,1H2,2H3;3*1-2H3. The largest absolute Gasteiger partial charge is 0.497 e. The Morgan fingerprint density at radius 2 is 1.44 bits per heavy atom. The fourth-order valence-corrected chi connectivity index (χ4v) is 3.20. The molecular weight excluding hydrogens is 490 g/mol. The van der Waals surface area contributed by atoms with Gasteiger partial charge in [0.15, 0.2) is 6.29 Å². The summed E-state index contributed by atoms with van der Waals surface area (Å²) in [7, 11) is 3.47. The summed E-state index contributed by atoms with van der Waals surface area (Å²) in [5, 5.41) is 29.9. The highest BCUT2D eigenvalue weighted by atomic mass is 16.5. The van der Waals surface area contributed by atoms with E-state index in [9.17, 15) is 5.11 Å². The van der Waals surface area contributed by atoms with E-state index >= 15 is 0 Å². The molecule has 2 aromatic rings. The summed E-state index contributed by atoms with van der Waals surface area (Å²) in [4.78, 5) is 8.43. The minimum atomic E-state index is -1.33. The molecule has 7 heteroatoms. The maximum absolute atomic E-state index is 10.9. The summed E-state index contributed by atoms with van der Waals surface area (Å²) in [6.07, 6.45) is 4.21. The van der Waals surface area contributed by atoms with Crippen molar-refractivity contribution < 1.29 is 20.1 Å². The van der Waals surface area contributed by atoms with Gasteiger partial charge in [-0.1, -0.05) is 60.6 Å². The van der Waals surface area contributed by atoms with Crippen LogP contribution in [0.5, 0.6) is 5.75 Å². The van der Waals surface area contributed by atoms with Crippen LogP contribution < -0.4 is 4.74 Å². The number of hydrogen-bond acceptors (Lipinski definition) is 7. The van der Waals surface area contributed by atoms with Crippen molar-refractivity contribution in [1.29, 1.82) is 0 Å². The average Bonchev–Trinajstić information content (AvgIpc) is 2.95. The average molecular weight is 552 g/mol. The quantitative estimate of drug-likeness (QED) is 0.212. The number of pyridine rings is 1. The van der Waals surface area contributed by atoms with Crippen LogP contribution >= 0.6 is 0 Å². The third-order valence-corrected chi connectivity index (χ3v) is 4.59. The highest BCUT2D eigenvalue weighted by molar-refractivity contribution is 5.83. The second-order valence-electron chi connectivity index (χ2n) is 7.66. The normalized spacial score (nSPS) is 10.2. The molecule has 0 bridgehead atoms. The lowest BCUT2D eigenvalue weighted by molar-refractivity contribution is -0.0582. The summed E-state index contributed by atoms with van der Waals surface area (Å²) in [5.41, 5.74) is 1.66. The molecule has 0 saturated carbocycles. The monoisotopic (exact) mass is 551 g/mol. The van der Waals surface area contributed by atoms with E-state index in [2.05, 4.69) is 30.0 Å². The van der Waals surface area contributed by atoms with Crippen LogP contribution in [-0.2, 0) is 0 Å². The number of fused-ring (bicyclic) bond motifs is 1. The summed E-state index contributed by atoms with van der Waals surface area (Å²) in [6, 6.07) is 7.51. The number of ether oxygens (including phenoxy) is 1. The van der Waals surface area contributed by atoms with E-state index in [1.807, 2.05) is 91.6 Å². The van der Waals surface area contributed by atoms with E-state index in [-0.39, 0.29) is 6.54 Å². The van der Waals surface area contributed by atoms with Gasteiger partial charge in [-0.3, -0.25) is 9.88 Å². The van der Waals surface area contributed by atoms with Crippen molar-refractivity contribution in [2.75, 3.05) is 46.9 Å². The Morgan fingerprint density at radius 1 is 0.897 bits per heavy atom. The van der Waals surface area contributed by atoms with Crippen LogP contribution in [0.25, 0.3) is 10.9 Å². The number of aliphatic hydroxyl groups excluding tert-OH is 2. The van der Waals surface area contributed by atoms with Crippen LogP contribution in [0, 0.1) is 0 Å². The third-order valence-electron chi connectivity index (χ3n) is 4.59. The first kappa shape index (κ1) is 43.8. The Hall–Kier alpha value is -2.29. The first-order valence-electron chi connectivity index (χ1n) is 14.3. The number of nitrogens with zero attached hydrogens (tertiary/aromatic N) is 3. The van der Waals surface area contributed by atoms with Gasteiger partial charge in [-0.05, 0) is 63.7 Å². The van der Waals surface area contributed by atoms with Crippen LogP contribution in [0.2, 0.25) is 0 Å². The lowest BCUT2D eigenvalue weighted by atomic mass is 10.0. The molecule has 0 amide bonds. The number of likely N-dealkylation sites (N-methyl/N-ethyl adjacent to an activating group) is 1. The number of benzene rings is 1. The van der Waals surface area contributed by atoms with Crippen LogP contribution in [-0.4, -0.2) is 83.3 Å². The lowest BCUT2D eigenvalue weighted by Gasteiger charge is -2.27. The zero-order valence-corrected chi connectivity index (χ0v) is 26.9. The van der Waals surface area contributed by atoms with Gasteiger partial charge in [0.05, 0.1) is 18.7 Å². The van der Waals surface area contributed by atoms with E-state index in [1.165, 1.54) is 0 Å². The Labute approximate surface area is 240 Å². The predicted octanol–water partition coefficient (Wildman–Crippen LogP) is 6.69. The van der Waals surface area contributed by atoms with Gasteiger partial charge >= 0.3 is 0 Å². The van der Waals surface area contributed by atoms with Gasteiger partial charge in [-0.15, -0.1) is 13.2 Å². The zero-order chi connectivity index (χ0) is 31.2. The highest BCUT2D eigenvalue weighted by Gasteiger charge is 2.17. The fourth-order valence-electron chi connectivity index (χ4n) is 3.20. The second kappa shape index (κ2) is 31.9. The van der Waals surface area contributed by atoms with Gasteiger partial charge in [0.2, 0.25) is 0 Å². The molecule has 1 aromatic carbocycles. The van der Waals surface area contributed by atoms with Crippen molar-refractivity contribution in [2.24, 2.45) is 0 Å². The van der Waals surface area contributed by atoms with Crippen molar-refractivity contribution in [3.63, 3.8) is 0 Å². The molecule has 1 heterocycles. The number of rotatable bonds is 11. The minimum absolute atomic E-state index is 0.206. The van der Waals surface area contributed by atoms with Gasteiger partial charge in [0.1, 0.15) is 5.75 Å². The second-order valence-corrected chi connectivity index (χ2v) is 7.66. The van der Waals surface area contributed by atoms with Gasteiger partial charge in [-0.2, -0.15) is 0 Å². The van der Waals surface area contributed by atoms with Crippen molar-refractivity contribution in [2.45, 2.75) is 81.1 Å². The van der Waals surface area contributed by atoms with Crippen molar-refractivity contribution in [3.05, 3.63) is 61.3 Å². The SMILES string of the molecule is C=CC.C=CC.CC.CC.CC.CCCN(CCN(C)CC(O)O)CC(O)c1ccnc2ccc(OC)cc12. The number of hydrogen-bond donors (Lipinski definition) is 3. The molecule has 0 radical (unpaired) electrons. The molecule has 0 spiro atoms. The molecule has 3 N–H and O–H groups in total. The van der Waals surface area contributed by atoms with Crippen molar-refractivity contribution in [1.82, 2.24) is 14.8 Å². The van der Waals surface area contributed by atoms with E-state index < -0.39 is 12.4 Å². The zero-order valence-electron chi connectivity index (χ0n) is 26.9. The third kappa shape index (κ3) is 22.2. The molecular formula is C32H61N3O4. The number of allylic oxidation sites excluding steroid dienone is 2. The lowest BCUT2D eigenvalue weighted by Crippen LogP contribution is -2.38. The number of methoxy groups -OCH3 is 1. The molecule has 1 atom stereocenters. The first-order chi connectivity index (χ1) is 18.8. The van der Waals surface area contributed by atoms with E-state index in [4.69, 9.17) is 14.9 Å². The highest BCUT2D eigenvalue weighted by Crippen LogP contribution is 2.27. The summed E-state index contributed by atoms with van der Waals surface area (Å²) in [6.45, 7) is 27.6. The molecule has 0 aliphatic heterocycles. The molecule has 0 aliphatic carbocycles. The molecule has 1 unspecified atom stereocenters. The van der Waals surface area contributed by atoms with Crippen LogP contribution in [0.4, 0.5) is 0 Å². The Balaban J connectivity index is -0.000000442. The van der Waals surface area contributed by atoms with Crippen molar-refractivity contribution >= 4 is 10.9 Å². The molecule has 7 nitrogen and oxygen atoms in total. The van der Waals surface area contributed by atoms with Crippen LogP contribution in [0.3, 0.4) is 0 Å². The Kier molecular flexibility index (Phi) is 35.8. The maximum atomic E-state index is 10.9. The van der Waals surface area contributed by atoms with Crippen LogP contribution in [0.15, 0.2) is 55.8 Å². The fraction of sp³-hybridized carbons (Fsp3) is 0.594. The molecule has 2 rings (SSSR count). The summed E-state index contributed by atoms with van der Waals surface area (Å²) >= 11 is 0. The predicted molar refractivity (Wildman–Crippen MR) is 171 cm³/mol. The molecule has 1 aromatic heterocycles. The first-order valence-corrected chi connectivity index (χ1v) is 14.3. The summed E-state index contributed by atoms with van der Waals surface area (Å²) in [5.74, 6) is 0.735. The Morgan fingerprint density at radius 3 is 1.90 bits per heavy atom. The number of aromatic nitrogens is 1. The summed E-state index contributed by atoms with van der Waals surface area (Å²) < 4.78 is 5.31. The smallest absolute Gasteiger partial charge is 0.164 e. The Bertz CT molecular complexity index is 794. The maximum Gasteiger partial charge on any atom is 0.164 e. The van der Waals surface area contributed by atoms with Gasteiger partial charge < -0.3 is 25.0 Å². The van der Waals surface area contributed by atoms with Gasteiger partial charge in [0.25, 0.3) is 0 Å². The number of aliphatic hydroxyl groups is 3. The van der Waals surface area contributed by atoms with Crippen molar-refractivity contribution in [3.8, 4) is 5.75 Å². The molecule has 228 valence electrons. The van der Waals surface area contributed by atoms with E-state index in [1.54, 1.807) is 25.5 Å². The molecule has 39 heavy (non-hydrogen) atoms. The van der Waals surface area contributed by atoms with Gasteiger partial charge in [0, 0.05) is 37.8 Å². The molecule has 0 aliphatic rings. The topological polar surface area (TPSA) is 89.3 Å². The van der Waals surface area contributed by atoms with E-state index in [0.717, 1.165) is 41.7 Å².